The van der Waals surface area contributed by atoms with Crippen LogP contribution in [0.3, 0.4) is 0 Å². The lowest BCUT2D eigenvalue weighted by atomic mass is 9.95. The van der Waals surface area contributed by atoms with Gasteiger partial charge in [0, 0.05) is 41.1 Å². The van der Waals surface area contributed by atoms with Crippen LogP contribution in [0.5, 0.6) is 0 Å². The third-order valence-electron chi connectivity index (χ3n) is 5.93. The van der Waals surface area contributed by atoms with Gasteiger partial charge in [-0.2, -0.15) is 26.3 Å². The van der Waals surface area contributed by atoms with E-state index in [-0.39, 0.29) is 16.0 Å². The second-order valence-electron chi connectivity index (χ2n) is 8.21. The second-order valence-corrected chi connectivity index (χ2v) is 16.0. The van der Waals surface area contributed by atoms with Crippen molar-refractivity contribution in [1.82, 2.24) is 0 Å². The highest BCUT2D eigenvalue weighted by molar-refractivity contribution is 9.11. The molecule has 0 saturated heterocycles. The van der Waals surface area contributed by atoms with Crippen molar-refractivity contribution in [3.05, 3.63) is 78.0 Å². The molecule has 0 bridgehead atoms. The van der Waals surface area contributed by atoms with E-state index in [0.717, 1.165) is 30.2 Å². The Bertz CT molecular complexity index is 1690. The van der Waals surface area contributed by atoms with Gasteiger partial charge in [0.15, 0.2) is 0 Å². The van der Waals surface area contributed by atoms with Crippen molar-refractivity contribution >= 4 is 99.7 Å². The van der Waals surface area contributed by atoms with E-state index in [1.807, 2.05) is 0 Å². The summed E-state index contributed by atoms with van der Waals surface area (Å²) < 4.78 is 93.6. The van der Waals surface area contributed by atoms with Gasteiger partial charge in [0.1, 0.15) is 0 Å². The first-order valence-corrected chi connectivity index (χ1v) is 16.4. The number of rotatable bonds is 5. The normalized spacial score (nSPS) is 18.0. The summed E-state index contributed by atoms with van der Waals surface area (Å²) in [6.45, 7) is 0. The Morgan fingerprint density at radius 2 is 1.24 bits per heavy atom. The Balaban J connectivity index is 1.64. The summed E-state index contributed by atoms with van der Waals surface area (Å²) in [5.41, 5.74) is -3.30. The maximum atomic E-state index is 15.6. The van der Waals surface area contributed by atoms with Crippen molar-refractivity contribution in [2.45, 2.75) is 17.8 Å². The van der Waals surface area contributed by atoms with Crippen molar-refractivity contribution in [3.8, 4) is 29.3 Å². The van der Waals surface area contributed by atoms with Crippen molar-refractivity contribution in [2.75, 3.05) is 0 Å². The number of alkyl halides is 6. The summed E-state index contributed by atoms with van der Waals surface area (Å²) in [5.74, 6) is -15.8. The molecular weight excluding hydrogens is 734 g/mol. The van der Waals surface area contributed by atoms with E-state index >= 15 is 17.6 Å². The van der Waals surface area contributed by atoms with Crippen LogP contribution in [0.2, 0.25) is 0 Å². The summed E-state index contributed by atoms with van der Waals surface area (Å²) in [7, 11) is 0. The van der Waals surface area contributed by atoms with Crippen molar-refractivity contribution in [1.29, 1.82) is 0 Å². The highest BCUT2D eigenvalue weighted by atomic mass is 79.9. The topological polar surface area (TPSA) is 0 Å². The van der Waals surface area contributed by atoms with Gasteiger partial charge in [0.2, 0.25) is 0 Å². The first kappa shape index (κ1) is 27.0. The van der Waals surface area contributed by atoms with Crippen LogP contribution in [0.1, 0.15) is 11.1 Å². The van der Waals surface area contributed by atoms with Gasteiger partial charge in [-0.3, -0.25) is 0 Å². The van der Waals surface area contributed by atoms with E-state index in [1.54, 1.807) is 41.8 Å². The maximum absolute atomic E-state index is 15.6. The fraction of sp³-hybridized carbons (Fsp3) is 0.120. The van der Waals surface area contributed by atoms with Gasteiger partial charge in [0.05, 0.1) is 12.4 Å². The van der Waals surface area contributed by atoms with Crippen molar-refractivity contribution < 1.29 is 26.3 Å². The molecule has 0 atom stereocenters. The first-order valence-electron chi connectivity index (χ1n) is 10.6. The third kappa shape index (κ3) is 4.07. The molecule has 0 fully saturated rings. The molecular formula is C25H10Br2F6S5. The van der Waals surface area contributed by atoms with Crippen LogP contribution in [-0.4, -0.2) is 17.8 Å². The quantitative estimate of drug-likeness (QED) is 0.157. The predicted molar refractivity (Wildman–Crippen MR) is 156 cm³/mol. The van der Waals surface area contributed by atoms with Crippen LogP contribution in [0.25, 0.3) is 40.4 Å². The molecule has 6 rings (SSSR count). The van der Waals surface area contributed by atoms with E-state index in [4.69, 9.17) is 0 Å². The molecule has 5 heterocycles. The molecule has 0 radical (unpaired) electrons. The van der Waals surface area contributed by atoms with E-state index in [2.05, 4.69) is 31.9 Å². The first-order chi connectivity index (χ1) is 17.9. The zero-order valence-electron chi connectivity index (χ0n) is 18.3. The largest absolute Gasteiger partial charge is 0.380 e. The molecule has 1 aliphatic rings. The van der Waals surface area contributed by atoms with E-state index in [0.29, 0.717) is 24.4 Å². The van der Waals surface area contributed by atoms with Crippen LogP contribution in [0.4, 0.5) is 26.3 Å². The lowest BCUT2D eigenvalue weighted by Crippen LogP contribution is -2.48. The SMILES string of the molecule is FC1(F)C(c2csc(-c3ccc(Br)s3)c2)=C(c2cc(-c3ccc(Br)s3)sc2-c2cccs2)C(F)(F)C1(F)F. The van der Waals surface area contributed by atoms with Gasteiger partial charge in [-0.1, -0.05) is 6.07 Å². The monoisotopic (exact) mass is 742 g/mol. The molecule has 0 aromatic carbocycles. The summed E-state index contributed by atoms with van der Waals surface area (Å²) in [4.78, 5) is 3.23. The Labute approximate surface area is 249 Å². The fourth-order valence-corrected chi connectivity index (χ4v) is 10.1. The van der Waals surface area contributed by atoms with E-state index < -0.39 is 28.9 Å². The fourth-order valence-electron chi connectivity index (χ4n) is 4.23. The summed E-state index contributed by atoms with van der Waals surface area (Å²) >= 11 is 12.7. The molecule has 1 aliphatic carbocycles. The smallest absolute Gasteiger partial charge is 0.194 e. The standard InChI is InChI=1S/C25H10Br2F6S5/c26-18-5-3-13(36-18)16-8-11(10-35-16)20-21(24(30,31)25(32,33)23(20,28)29)12-9-17(14-4-6-19(27)37-14)38-22(12)15-2-1-7-34-15/h1-10H. The second kappa shape index (κ2) is 9.42. The van der Waals surface area contributed by atoms with Gasteiger partial charge >= 0.3 is 17.8 Å². The van der Waals surface area contributed by atoms with E-state index in [9.17, 15) is 8.78 Å². The highest BCUT2D eigenvalue weighted by Crippen LogP contribution is 2.66. The molecule has 196 valence electrons. The molecule has 5 aromatic heterocycles. The molecule has 0 amide bonds. The minimum atomic E-state index is -5.61. The van der Waals surface area contributed by atoms with Gasteiger partial charge in [-0.25, -0.2) is 0 Å². The number of hydrogen-bond acceptors (Lipinski definition) is 5. The summed E-state index contributed by atoms with van der Waals surface area (Å²) in [5, 5.41) is 2.97. The van der Waals surface area contributed by atoms with Gasteiger partial charge in [-0.05, 0) is 90.6 Å². The summed E-state index contributed by atoms with van der Waals surface area (Å²) in [6, 6.07) is 13.0. The lowest BCUT2D eigenvalue weighted by molar-refractivity contribution is -0.254. The van der Waals surface area contributed by atoms with E-state index in [1.165, 1.54) is 51.5 Å². The molecule has 13 heteroatoms. The number of thiophene rings is 5. The molecule has 0 aliphatic heterocycles. The minimum absolute atomic E-state index is 0.248. The zero-order valence-corrected chi connectivity index (χ0v) is 25.6. The average Bonchev–Trinajstić information content (AvgIpc) is 3.67. The zero-order chi connectivity index (χ0) is 27.0. The van der Waals surface area contributed by atoms with Crippen LogP contribution < -0.4 is 0 Å². The van der Waals surface area contributed by atoms with Crippen LogP contribution in [0.15, 0.2) is 66.9 Å². The molecule has 0 spiro atoms. The molecule has 0 saturated carbocycles. The molecule has 0 N–H and O–H groups in total. The molecule has 0 unspecified atom stereocenters. The molecule has 0 nitrogen and oxygen atoms in total. The van der Waals surface area contributed by atoms with Crippen LogP contribution in [-0.2, 0) is 0 Å². The lowest BCUT2D eigenvalue weighted by Gasteiger charge is -2.25. The number of halogens is 8. The predicted octanol–water partition coefficient (Wildman–Crippen LogP) is 12.4. The molecule has 38 heavy (non-hydrogen) atoms. The number of allylic oxidation sites excluding steroid dienone is 2. The maximum Gasteiger partial charge on any atom is 0.380 e. The van der Waals surface area contributed by atoms with Crippen LogP contribution in [0, 0.1) is 0 Å². The highest BCUT2D eigenvalue weighted by Gasteiger charge is 2.80. The Hall–Kier alpha value is -1.22. The van der Waals surface area contributed by atoms with Crippen molar-refractivity contribution in [3.63, 3.8) is 0 Å². The summed E-state index contributed by atoms with van der Waals surface area (Å²) in [6.07, 6.45) is 0. The minimum Gasteiger partial charge on any atom is -0.194 e. The van der Waals surface area contributed by atoms with Gasteiger partial charge in [-0.15, -0.1) is 56.7 Å². The number of hydrogen-bond donors (Lipinski definition) is 0. The Morgan fingerprint density at radius 3 is 1.82 bits per heavy atom. The average molecular weight is 744 g/mol. The van der Waals surface area contributed by atoms with Gasteiger partial charge in [0.25, 0.3) is 0 Å². The Morgan fingerprint density at radius 1 is 0.605 bits per heavy atom. The third-order valence-corrected chi connectivity index (χ3v) is 12.7. The molecule has 5 aromatic rings. The van der Waals surface area contributed by atoms with Crippen molar-refractivity contribution in [2.24, 2.45) is 0 Å². The Kier molecular flexibility index (Phi) is 6.69. The van der Waals surface area contributed by atoms with Crippen LogP contribution >= 0.6 is 88.5 Å². The van der Waals surface area contributed by atoms with Gasteiger partial charge < -0.3 is 0 Å².